The Morgan fingerprint density at radius 1 is 1.42 bits per heavy atom. The number of methoxy groups -OCH3 is 1. The van der Waals surface area contributed by atoms with Gasteiger partial charge in [0.2, 0.25) is 11.6 Å². The lowest BCUT2D eigenvalue weighted by atomic mass is 9.87. The molecular weight excluding hydrogens is 463 g/mol. The number of nitrogens with zero attached hydrogens (tertiary/aromatic N) is 2. The van der Waals surface area contributed by atoms with Gasteiger partial charge in [-0.3, -0.25) is 5.10 Å². The third kappa shape index (κ3) is 2.64. The molecule has 0 aliphatic carbocycles. The molecule has 1 aliphatic heterocycles. The minimum atomic E-state index is -0.355. The fourth-order valence-corrected chi connectivity index (χ4v) is 4.52. The van der Waals surface area contributed by atoms with Crippen LogP contribution in [0, 0.1) is 10.1 Å². The maximum Gasteiger partial charge on any atom is 0.241 e. The summed E-state index contributed by atoms with van der Waals surface area (Å²) in [5.74, 6) is 0.932. The van der Waals surface area contributed by atoms with Crippen molar-refractivity contribution in [2.75, 3.05) is 7.11 Å². The molecule has 6 nitrogen and oxygen atoms in total. The molecule has 0 spiro atoms. The van der Waals surface area contributed by atoms with Gasteiger partial charge in [0, 0.05) is 5.56 Å². The van der Waals surface area contributed by atoms with Crippen LogP contribution in [0.1, 0.15) is 17.0 Å². The molecule has 3 heterocycles. The quantitative estimate of drug-likeness (QED) is 0.436. The first-order valence-electron chi connectivity index (χ1n) is 7.64. The molecule has 26 heavy (non-hydrogen) atoms. The van der Waals surface area contributed by atoms with Crippen molar-refractivity contribution in [3.63, 3.8) is 0 Å². The first kappa shape index (κ1) is 16.9. The fraction of sp³-hybridized carbons (Fsp3) is 0.111. The van der Waals surface area contributed by atoms with E-state index in [9.17, 15) is 0 Å². The number of allylic oxidation sites excluding steroid dienone is 1. The van der Waals surface area contributed by atoms with E-state index in [0.29, 0.717) is 11.6 Å². The Morgan fingerprint density at radius 3 is 2.92 bits per heavy atom. The zero-order valence-corrected chi connectivity index (χ0v) is 16.6. The predicted molar refractivity (Wildman–Crippen MR) is 108 cm³/mol. The van der Waals surface area contributed by atoms with E-state index in [0.717, 1.165) is 31.0 Å². The molecule has 0 saturated heterocycles. The van der Waals surface area contributed by atoms with E-state index >= 15 is 0 Å². The third-order valence-corrected chi connectivity index (χ3v) is 5.92. The second kappa shape index (κ2) is 6.66. The van der Waals surface area contributed by atoms with Crippen molar-refractivity contribution in [3.05, 3.63) is 73.4 Å². The Bertz CT molecular complexity index is 1050. The largest absolute Gasteiger partial charge is 0.496 e. The summed E-state index contributed by atoms with van der Waals surface area (Å²) in [4.78, 5) is 4.70. The molecule has 4 rings (SSSR count). The van der Waals surface area contributed by atoms with Crippen LogP contribution in [0.25, 0.3) is 15.4 Å². The number of H-pyrrole nitrogens is 1. The van der Waals surface area contributed by atoms with Gasteiger partial charge in [0.25, 0.3) is 0 Å². The molecule has 3 N–H and O–H groups in total. The summed E-state index contributed by atoms with van der Waals surface area (Å²) < 4.78 is 11.9. The molecule has 8 heteroatoms. The number of hydrogen-bond acceptors (Lipinski definition) is 5. The van der Waals surface area contributed by atoms with Crippen molar-refractivity contribution in [1.82, 2.24) is 10.2 Å². The van der Waals surface area contributed by atoms with Crippen LogP contribution in [-0.2, 0) is 0 Å². The van der Waals surface area contributed by atoms with E-state index in [1.807, 2.05) is 35.7 Å². The maximum absolute atomic E-state index is 7.63. The van der Waals surface area contributed by atoms with E-state index in [1.54, 1.807) is 18.4 Å². The second-order valence-corrected chi connectivity index (χ2v) is 7.69. The lowest BCUT2D eigenvalue weighted by molar-refractivity contribution is 0.378. The van der Waals surface area contributed by atoms with Crippen molar-refractivity contribution < 1.29 is 9.47 Å². The molecule has 0 radical (unpaired) electrons. The Morgan fingerprint density at radius 2 is 2.27 bits per heavy atom. The lowest BCUT2D eigenvalue weighted by Crippen LogP contribution is -2.20. The molecule has 0 bridgehead atoms. The van der Waals surface area contributed by atoms with Gasteiger partial charge in [0.05, 0.1) is 33.7 Å². The monoisotopic (exact) mass is 476 g/mol. The molecule has 0 amide bonds. The van der Waals surface area contributed by atoms with Gasteiger partial charge in [0.15, 0.2) is 5.88 Å². The average molecular weight is 476 g/mol. The summed E-state index contributed by atoms with van der Waals surface area (Å²) >= 11 is 3.82. The summed E-state index contributed by atoms with van der Waals surface area (Å²) in [5.41, 5.74) is 8.99. The summed E-state index contributed by atoms with van der Waals surface area (Å²) in [6.07, 6.45) is 0. The minimum absolute atomic E-state index is 0.0903. The Labute approximate surface area is 167 Å². The van der Waals surface area contributed by atoms with Crippen LogP contribution in [0.3, 0.4) is 0 Å². The number of aromatic amines is 1. The van der Waals surface area contributed by atoms with Crippen LogP contribution < -0.4 is 15.2 Å². The number of nitrogens with two attached hydrogens (primary N) is 1. The standard InChI is InChI=1S/C18H13IN4O2S/c1-21-16-13(9-5-6-11(24-2)10(19)8-9)14-15(12-4-3-7-26-12)22-23-18(14)25-17(16)20/h3-8,13H,20H2,2H3,(H,22,23). The molecule has 3 aromatic rings. The Hall–Kier alpha value is -2.51. The van der Waals surface area contributed by atoms with Crippen LogP contribution in [0.2, 0.25) is 0 Å². The Balaban J connectivity index is 1.94. The van der Waals surface area contributed by atoms with Gasteiger partial charge in [-0.25, -0.2) is 4.85 Å². The SMILES string of the molecule is [C-]#[N+]C1=C(N)Oc2n[nH]c(-c3cccs3)c2C1c1ccc(OC)c(I)c1. The van der Waals surface area contributed by atoms with Gasteiger partial charge >= 0.3 is 0 Å². The first-order chi connectivity index (χ1) is 12.6. The highest BCUT2D eigenvalue weighted by atomic mass is 127. The molecule has 0 fully saturated rings. The molecular formula is C18H13IN4O2S. The van der Waals surface area contributed by atoms with Crippen molar-refractivity contribution in [1.29, 1.82) is 0 Å². The molecule has 0 saturated carbocycles. The van der Waals surface area contributed by atoms with Crippen molar-refractivity contribution in [3.8, 4) is 22.2 Å². The molecule has 130 valence electrons. The highest BCUT2D eigenvalue weighted by Gasteiger charge is 2.36. The molecule has 1 aliphatic rings. The highest BCUT2D eigenvalue weighted by molar-refractivity contribution is 14.1. The summed E-state index contributed by atoms with van der Waals surface area (Å²) in [7, 11) is 1.64. The zero-order valence-electron chi connectivity index (χ0n) is 13.6. The van der Waals surface area contributed by atoms with E-state index in [1.165, 1.54) is 0 Å². The van der Waals surface area contributed by atoms with Gasteiger partial charge in [0.1, 0.15) is 5.75 Å². The Kier molecular flexibility index (Phi) is 4.34. The number of hydrogen-bond donors (Lipinski definition) is 2. The lowest BCUT2D eigenvalue weighted by Gasteiger charge is -2.24. The fourth-order valence-electron chi connectivity index (χ4n) is 3.03. The van der Waals surface area contributed by atoms with Crippen LogP contribution in [0.4, 0.5) is 0 Å². The molecule has 1 unspecified atom stereocenters. The van der Waals surface area contributed by atoms with E-state index in [4.69, 9.17) is 21.8 Å². The van der Waals surface area contributed by atoms with Crippen molar-refractivity contribution in [2.45, 2.75) is 5.92 Å². The number of nitrogens with one attached hydrogen (secondary N) is 1. The maximum atomic E-state index is 7.63. The van der Waals surface area contributed by atoms with Crippen LogP contribution in [-0.4, -0.2) is 17.3 Å². The van der Waals surface area contributed by atoms with Gasteiger partial charge < -0.3 is 15.2 Å². The average Bonchev–Trinajstić information content (AvgIpc) is 3.29. The number of aromatic nitrogens is 2. The summed E-state index contributed by atoms with van der Waals surface area (Å²) in [6.45, 7) is 7.63. The van der Waals surface area contributed by atoms with Gasteiger partial charge in [-0.1, -0.05) is 12.1 Å². The number of ether oxygens (including phenoxy) is 2. The first-order valence-corrected chi connectivity index (χ1v) is 9.60. The summed E-state index contributed by atoms with van der Waals surface area (Å²) in [5, 5.41) is 9.32. The second-order valence-electron chi connectivity index (χ2n) is 5.59. The summed E-state index contributed by atoms with van der Waals surface area (Å²) in [6, 6.07) is 9.83. The van der Waals surface area contributed by atoms with Crippen molar-refractivity contribution in [2.24, 2.45) is 5.73 Å². The van der Waals surface area contributed by atoms with Crippen LogP contribution >= 0.6 is 33.9 Å². The highest BCUT2D eigenvalue weighted by Crippen LogP contribution is 2.47. The van der Waals surface area contributed by atoms with Crippen LogP contribution in [0.5, 0.6) is 11.6 Å². The van der Waals surface area contributed by atoms with Gasteiger partial charge in [-0.15, -0.1) is 16.4 Å². The smallest absolute Gasteiger partial charge is 0.241 e. The number of halogens is 1. The number of thiophene rings is 1. The minimum Gasteiger partial charge on any atom is -0.496 e. The van der Waals surface area contributed by atoms with Crippen LogP contribution in [0.15, 0.2) is 47.3 Å². The topological polar surface area (TPSA) is 77.5 Å². The molecule has 1 atom stereocenters. The van der Waals surface area contributed by atoms with Gasteiger partial charge in [-0.2, -0.15) is 0 Å². The zero-order chi connectivity index (χ0) is 18.3. The van der Waals surface area contributed by atoms with E-state index < -0.39 is 0 Å². The predicted octanol–water partition coefficient (Wildman–Crippen LogP) is 4.32. The molecule has 1 aromatic carbocycles. The third-order valence-electron chi connectivity index (χ3n) is 4.19. The number of fused-ring (bicyclic) bond motifs is 1. The van der Waals surface area contributed by atoms with Crippen molar-refractivity contribution >= 4 is 33.9 Å². The normalized spacial score (nSPS) is 16.0. The number of benzene rings is 1. The molecule has 2 aromatic heterocycles. The van der Waals surface area contributed by atoms with E-state index in [-0.39, 0.29) is 11.8 Å². The van der Waals surface area contributed by atoms with Gasteiger partial charge in [-0.05, 0) is 51.7 Å². The van der Waals surface area contributed by atoms with E-state index in [2.05, 4.69) is 37.6 Å². The number of rotatable bonds is 3.